The molecule has 3 rings (SSSR count). The normalized spacial score (nSPS) is 11.9. The van der Waals surface area contributed by atoms with Crippen molar-refractivity contribution in [3.8, 4) is 5.69 Å². The minimum atomic E-state index is -0.391. The Morgan fingerprint density at radius 2 is 1.80 bits per heavy atom. The lowest BCUT2D eigenvalue weighted by Crippen LogP contribution is -2.13. The fraction of sp³-hybridized carbons (Fsp3) is 0.190. The zero-order valence-electron chi connectivity index (χ0n) is 14.4. The van der Waals surface area contributed by atoms with Gasteiger partial charge in [-0.05, 0) is 49.2 Å². The molecule has 0 aliphatic carbocycles. The Morgan fingerprint density at radius 1 is 1.08 bits per heavy atom. The topological polar surface area (TPSA) is 31.2 Å². The van der Waals surface area contributed by atoms with E-state index in [-0.39, 0.29) is 5.97 Å². The molecule has 0 bridgehead atoms. The summed E-state index contributed by atoms with van der Waals surface area (Å²) in [4.78, 5) is 13.6. The molecule has 1 atom stereocenters. The van der Waals surface area contributed by atoms with Crippen molar-refractivity contribution in [2.45, 2.75) is 24.0 Å². The van der Waals surface area contributed by atoms with Crippen molar-refractivity contribution in [1.29, 1.82) is 0 Å². The maximum atomic E-state index is 12.6. The van der Waals surface area contributed by atoms with Crippen molar-refractivity contribution >= 4 is 17.7 Å². The van der Waals surface area contributed by atoms with Gasteiger partial charge >= 0.3 is 5.97 Å². The Bertz CT molecular complexity index is 828. The highest BCUT2D eigenvalue weighted by Crippen LogP contribution is 2.39. The predicted octanol–water partition coefficient (Wildman–Crippen LogP) is 5.18. The molecule has 1 heterocycles. The molecule has 0 saturated heterocycles. The summed E-state index contributed by atoms with van der Waals surface area (Å²) in [5, 5.41) is -0.391. The SMILES string of the molecule is CCOC(=O)C(Sc1cc(C)ccc1-n1cccc1)c1ccccc1. The Balaban J connectivity index is 2.00. The highest BCUT2D eigenvalue weighted by molar-refractivity contribution is 8.00. The molecule has 1 aromatic heterocycles. The van der Waals surface area contributed by atoms with Crippen LogP contribution in [0.3, 0.4) is 0 Å². The number of nitrogens with zero attached hydrogens (tertiary/aromatic N) is 1. The van der Waals surface area contributed by atoms with Crippen LogP contribution >= 0.6 is 11.8 Å². The van der Waals surface area contributed by atoms with Crippen LogP contribution < -0.4 is 0 Å². The van der Waals surface area contributed by atoms with Gasteiger partial charge in [0.25, 0.3) is 0 Å². The number of hydrogen-bond acceptors (Lipinski definition) is 3. The van der Waals surface area contributed by atoms with E-state index in [0.29, 0.717) is 6.61 Å². The van der Waals surface area contributed by atoms with Crippen LogP contribution in [-0.4, -0.2) is 17.1 Å². The van der Waals surface area contributed by atoms with E-state index in [1.54, 1.807) is 0 Å². The number of thioether (sulfide) groups is 1. The van der Waals surface area contributed by atoms with Gasteiger partial charge in [-0.2, -0.15) is 0 Å². The average molecular weight is 351 g/mol. The van der Waals surface area contributed by atoms with E-state index in [9.17, 15) is 4.79 Å². The van der Waals surface area contributed by atoms with E-state index >= 15 is 0 Å². The molecule has 0 saturated carbocycles. The Kier molecular flexibility index (Phi) is 5.61. The Labute approximate surface area is 152 Å². The summed E-state index contributed by atoms with van der Waals surface area (Å²) in [7, 11) is 0. The van der Waals surface area contributed by atoms with Crippen LogP contribution in [0.25, 0.3) is 5.69 Å². The van der Waals surface area contributed by atoms with Crippen LogP contribution in [0, 0.1) is 6.92 Å². The second-order valence-electron chi connectivity index (χ2n) is 5.72. The molecule has 0 amide bonds. The monoisotopic (exact) mass is 351 g/mol. The minimum Gasteiger partial charge on any atom is -0.465 e. The summed E-state index contributed by atoms with van der Waals surface area (Å²) in [5.74, 6) is -0.210. The molecule has 1 unspecified atom stereocenters. The first kappa shape index (κ1) is 17.4. The molecule has 2 aromatic carbocycles. The van der Waals surface area contributed by atoms with Crippen molar-refractivity contribution in [3.63, 3.8) is 0 Å². The van der Waals surface area contributed by atoms with Gasteiger partial charge in [0, 0.05) is 17.3 Å². The van der Waals surface area contributed by atoms with Gasteiger partial charge in [-0.25, -0.2) is 0 Å². The first-order valence-corrected chi connectivity index (χ1v) is 9.19. The van der Waals surface area contributed by atoms with Crippen LogP contribution in [0.1, 0.15) is 23.3 Å². The summed E-state index contributed by atoms with van der Waals surface area (Å²) in [6.45, 7) is 4.27. The molecule has 3 nitrogen and oxygen atoms in total. The number of aryl methyl sites for hydroxylation is 1. The maximum Gasteiger partial charge on any atom is 0.323 e. The van der Waals surface area contributed by atoms with Gasteiger partial charge in [0.05, 0.1) is 12.3 Å². The highest BCUT2D eigenvalue weighted by Gasteiger charge is 2.24. The van der Waals surface area contributed by atoms with Crippen molar-refractivity contribution < 1.29 is 9.53 Å². The highest BCUT2D eigenvalue weighted by atomic mass is 32.2. The zero-order valence-corrected chi connectivity index (χ0v) is 15.2. The van der Waals surface area contributed by atoms with Crippen LogP contribution in [0.15, 0.2) is 78.0 Å². The van der Waals surface area contributed by atoms with Crippen molar-refractivity contribution in [2.75, 3.05) is 6.61 Å². The second-order valence-corrected chi connectivity index (χ2v) is 6.87. The first-order valence-electron chi connectivity index (χ1n) is 8.31. The van der Waals surface area contributed by atoms with Gasteiger partial charge in [0.2, 0.25) is 0 Å². The number of aromatic nitrogens is 1. The van der Waals surface area contributed by atoms with E-state index in [0.717, 1.165) is 21.7 Å². The molecule has 0 aliphatic heterocycles. The average Bonchev–Trinajstić information content (AvgIpc) is 3.15. The lowest BCUT2D eigenvalue weighted by atomic mass is 10.1. The second kappa shape index (κ2) is 8.08. The van der Waals surface area contributed by atoms with Gasteiger partial charge in [-0.3, -0.25) is 4.79 Å². The molecule has 0 radical (unpaired) electrons. The molecule has 0 N–H and O–H groups in total. The third kappa shape index (κ3) is 4.15. The summed E-state index contributed by atoms with van der Waals surface area (Å²) in [6, 6.07) is 20.1. The summed E-state index contributed by atoms with van der Waals surface area (Å²) >= 11 is 1.53. The van der Waals surface area contributed by atoms with Crippen LogP contribution in [0.2, 0.25) is 0 Å². The number of benzene rings is 2. The van der Waals surface area contributed by atoms with Crippen LogP contribution in [0.5, 0.6) is 0 Å². The lowest BCUT2D eigenvalue weighted by molar-refractivity contribution is -0.142. The molecular formula is C21H21NO2S. The quantitative estimate of drug-likeness (QED) is 0.453. The third-order valence-electron chi connectivity index (χ3n) is 3.85. The van der Waals surface area contributed by atoms with E-state index in [1.165, 1.54) is 11.8 Å². The number of carbonyl (C=O) groups excluding carboxylic acids is 1. The first-order chi connectivity index (χ1) is 12.2. The number of ether oxygens (including phenoxy) is 1. The number of rotatable bonds is 6. The van der Waals surface area contributed by atoms with Crippen LogP contribution in [0.4, 0.5) is 0 Å². The molecule has 128 valence electrons. The summed E-state index contributed by atoms with van der Waals surface area (Å²) in [5.41, 5.74) is 3.17. The Morgan fingerprint density at radius 3 is 2.48 bits per heavy atom. The van der Waals surface area contributed by atoms with Crippen molar-refractivity contribution in [1.82, 2.24) is 4.57 Å². The van der Waals surface area contributed by atoms with E-state index in [1.807, 2.05) is 61.8 Å². The van der Waals surface area contributed by atoms with Gasteiger partial charge in [-0.1, -0.05) is 36.4 Å². The fourth-order valence-corrected chi connectivity index (χ4v) is 3.91. The predicted molar refractivity (Wildman–Crippen MR) is 102 cm³/mol. The minimum absolute atomic E-state index is 0.210. The number of carbonyl (C=O) groups is 1. The maximum absolute atomic E-state index is 12.6. The van der Waals surface area contributed by atoms with Gasteiger partial charge in [0.15, 0.2) is 0 Å². The lowest BCUT2D eigenvalue weighted by Gasteiger charge is -2.18. The van der Waals surface area contributed by atoms with Crippen molar-refractivity contribution in [3.05, 3.63) is 84.2 Å². The van der Waals surface area contributed by atoms with Gasteiger partial charge in [-0.15, -0.1) is 11.8 Å². The molecule has 0 fully saturated rings. The molecule has 3 aromatic rings. The molecule has 4 heteroatoms. The standard InChI is InChI=1S/C21H21NO2S/c1-3-24-21(23)20(17-9-5-4-6-10-17)25-19-15-16(2)11-12-18(19)22-13-7-8-14-22/h4-15,20H,3H2,1-2H3. The molecule has 0 aliphatic rings. The fourth-order valence-electron chi connectivity index (χ4n) is 2.65. The van der Waals surface area contributed by atoms with E-state index < -0.39 is 5.25 Å². The van der Waals surface area contributed by atoms with Crippen molar-refractivity contribution in [2.24, 2.45) is 0 Å². The van der Waals surface area contributed by atoms with E-state index in [4.69, 9.17) is 4.74 Å². The largest absolute Gasteiger partial charge is 0.465 e. The number of esters is 1. The van der Waals surface area contributed by atoms with E-state index in [2.05, 4.69) is 29.7 Å². The molecular weight excluding hydrogens is 330 g/mol. The Hall–Kier alpha value is -2.46. The van der Waals surface area contributed by atoms with Gasteiger partial charge < -0.3 is 9.30 Å². The zero-order chi connectivity index (χ0) is 17.6. The van der Waals surface area contributed by atoms with Gasteiger partial charge in [0.1, 0.15) is 5.25 Å². The van der Waals surface area contributed by atoms with Crippen LogP contribution in [-0.2, 0) is 9.53 Å². The summed E-state index contributed by atoms with van der Waals surface area (Å²) < 4.78 is 7.39. The molecule has 0 spiro atoms. The number of hydrogen-bond donors (Lipinski definition) is 0. The molecule has 25 heavy (non-hydrogen) atoms. The third-order valence-corrected chi connectivity index (χ3v) is 5.13. The summed E-state index contributed by atoms with van der Waals surface area (Å²) in [6.07, 6.45) is 4.02. The smallest absolute Gasteiger partial charge is 0.323 e.